The van der Waals surface area contributed by atoms with Gasteiger partial charge in [-0.3, -0.25) is 18.8 Å². The van der Waals surface area contributed by atoms with Gasteiger partial charge in [0.25, 0.3) is 5.56 Å². The van der Waals surface area contributed by atoms with E-state index in [0.29, 0.717) is 25.8 Å². The molecule has 0 aromatic carbocycles. The topological polar surface area (TPSA) is 138 Å². The zero-order valence-electron chi connectivity index (χ0n) is 21.9. The number of imidazole rings is 1. The molecule has 204 valence electrons. The number of aryl methyl sites for hydroxylation is 1. The number of esters is 2. The van der Waals surface area contributed by atoms with Crippen molar-refractivity contribution < 1.29 is 24.2 Å². The number of ether oxygens (including phenoxy) is 2. The highest BCUT2D eigenvalue weighted by atomic mass is 16.6. The standard InChI is InChI=1S/C26H33N5O7/c1-4-18-31-21-22(27-24(31)38-20(33)11-10-19(32)37-18)28(3)25(35)30(23(21)34)17-6-5-12-26(2,36)13-9-16-29-14-7-8-15-29/h10-11,18,36H,4-8,12,14-17H2,1-3H3/b11-10+. The molecular formula is C26H33N5O7. The van der Waals surface area contributed by atoms with E-state index in [1.54, 1.807) is 13.8 Å². The number of rotatable bonds is 7. The van der Waals surface area contributed by atoms with Crippen molar-refractivity contribution in [3.05, 3.63) is 33.0 Å². The third kappa shape index (κ3) is 5.89. The van der Waals surface area contributed by atoms with Crippen LogP contribution in [0.15, 0.2) is 21.7 Å². The van der Waals surface area contributed by atoms with Gasteiger partial charge in [0.05, 0.1) is 6.54 Å². The van der Waals surface area contributed by atoms with Crippen molar-refractivity contribution in [3.8, 4) is 17.9 Å². The zero-order chi connectivity index (χ0) is 27.4. The Morgan fingerprint density at radius 3 is 2.55 bits per heavy atom. The fraction of sp³-hybridized carbons (Fsp3) is 0.577. The number of carbonyl (C=O) groups is 2. The van der Waals surface area contributed by atoms with Crippen molar-refractivity contribution in [2.75, 3.05) is 19.6 Å². The van der Waals surface area contributed by atoms with Crippen molar-refractivity contribution >= 4 is 23.1 Å². The highest BCUT2D eigenvalue weighted by Gasteiger charge is 2.29. The molecule has 2 aliphatic rings. The van der Waals surface area contributed by atoms with Crippen molar-refractivity contribution in [3.63, 3.8) is 0 Å². The minimum Gasteiger partial charge on any atom is -0.438 e. The van der Waals surface area contributed by atoms with Crippen molar-refractivity contribution in [1.29, 1.82) is 0 Å². The smallest absolute Gasteiger partial charge is 0.338 e. The minimum absolute atomic E-state index is 0.00862. The molecule has 0 amide bonds. The number of nitrogens with zero attached hydrogens (tertiary/aromatic N) is 5. The summed E-state index contributed by atoms with van der Waals surface area (Å²) in [5.41, 5.74) is -2.41. The number of aromatic nitrogens is 4. The Labute approximate surface area is 219 Å². The molecule has 2 aliphatic heterocycles. The molecule has 4 heterocycles. The minimum atomic E-state index is -1.17. The highest BCUT2D eigenvalue weighted by Crippen LogP contribution is 2.27. The van der Waals surface area contributed by atoms with Gasteiger partial charge in [-0.15, -0.1) is 0 Å². The number of fused-ring (bicyclic) bond motifs is 3. The van der Waals surface area contributed by atoms with Crippen LogP contribution in [0.3, 0.4) is 0 Å². The van der Waals surface area contributed by atoms with Crippen LogP contribution in [0.1, 0.15) is 58.6 Å². The molecule has 12 heteroatoms. The van der Waals surface area contributed by atoms with Gasteiger partial charge in [-0.2, -0.15) is 4.98 Å². The number of likely N-dealkylation sites (tertiary alicyclic amines) is 1. The summed E-state index contributed by atoms with van der Waals surface area (Å²) in [6.45, 7) is 6.19. The summed E-state index contributed by atoms with van der Waals surface area (Å²) in [7, 11) is 1.46. The van der Waals surface area contributed by atoms with Gasteiger partial charge in [-0.25, -0.2) is 19.0 Å². The first kappa shape index (κ1) is 27.3. The summed E-state index contributed by atoms with van der Waals surface area (Å²) in [5.74, 6) is 4.36. The molecule has 0 bridgehead atoms. The van der Waals surface area contributed by atoms with Crippen LogP contribution in [0.4, 0.5) is 0 Å². The van der Waals surface area contributed by atoms with Crippen molar-refractivity contribution in [2.45, 2.75) is 70.7 Å². The van der Waals surface area contributed by atoms with Crippen LogP contribution >= 0.6 is 0 Å². The molecule has 2 unspecified atom stereocenters. The molecule has 0 spiro atoms. The predicted molar refractivity (Wildman–Crippen MR) is 137 cm³/mol. The van der Waals surface area contributed by atoms with E-state index in [4.69, 9.17) is 9.47 Å². The quantitative estimate of drug-likeness (QED) is 0.315. The monoisotopic (exact) mass is 527 g/mol. The van der Waals surface area contributed by atoms with Gasteiger partial charge in [0.15, 0.2) is 17.4 Å². The maximum absolute atomic E-state index is 13.5. The lowest BCUT2D eigenvalue weighted by molar-refractivity contribution is -0.147. The Balaban J connectivity index is 1.56. The largest absolute Gasteiger partial charge is 0.438 e. The summed E-state index contributed by atoms with van der Waals surface area (Å²) in [4.78, 5) is 57.2. The number of aliphatic hydroxyl groups is 1. The summed E-state index contributed by atoms with van der Waals surface area (Å²) in [6, 6.07) is -0.246. The SMILES string of the molecule is CCC1OC(=O)/C=C/C(=O)Oc2nc3c(c(=O)n(CCCCC(C)(O)C#CCN4CCCC4)c(=O)n3C)n21. The van der Waals surface area contributed by atoms with E-state index in [1.165, 1.54) is 29.0 Å². The second kappa shape index (κ2) is 11.4. The molecule has 1 saturated heterocycles. The summed E-state index contributed by atoms with van der Waals surface area (Å²) in [5, 5.41) is 10.6. The van der Waals surface area contributed by atoms with Crippen molar-refractivity contribution in [2.24, 2.45) is 7.05 Å². The lowest BCUT2D eigenvalue weighted by Gasteiger charge is -2.19. The fourth-order valence-corrected chi connectivity index (χ4v) is 4.69. The Morgan fingerprint density at radius 1 is 1.13 bits per heavy atom. The first-order valence-corrected chi connectivity index (χ1v) is 12.9. The molecule has 0 aliphatic carbocycles. The zero-order valence-corrected chi connectivity index (χ0v) is 21.9. The average Bonchev–Trinajstić information content (AvgIpc) is 3.52. The summed E-state index contributed by atoms with van der Waals surface area (Å²) < 4.78 is 14.2. The molecule has 12 nitrogen and oxygen atoms in total. The second-order valence-corrected chi connectivity index (χ2v) is 9.81. The predicted octanol–water partition coefficient (Wildman–Crippen LogP) is 0.844. The summed E-state index contributed by atoms with van der Waals surface area (Å²) in [6.07, 6.45) is 4.84. The number of cyclic esters (lactones) is 1. The molecule has 0 radical (unpaired) electrons. The van der Waals surface area contributed by atoms with Crippen LogP contribution in [-0.2, 0) is 27.9 Å². The lowest BCUT2D eigenvalue weighted by Crippen LogP contribution is -2.40. The van der Waals surface area contributed by atoms with Gasteiger partial charge < -0.3 is 14.6 Å². The van der Waals surface area contributed by atoms with Gasteiger partial charge in [-0.1, -0.05) is 18.8 Å². The first-order chi connectivity index (χ1) is 18.1. The van der Waals surface area contributed by atoms with E-state index in [1.807, 2.05) is 0 Å². The van der Waals surface area contributed by atoms with Gasteiger partial charge in [0.1, 0.15) is 5.60 Å². The molecule has 2 aromatic heterocycles. The Morgan fingerprint density at radius 2 is 1.84 bits per heavy atom. The Hall–Kier alpha value is -3.69. The molecule has 0 saturated carbocycles. The molecule has 2 atom stereocenters. The third-order valence-corrected chi connectivity index (χ3v) is 6.73. The molecule has 1 N–H and O–H groups in total. The van der Waals surface area contributed by atoms with Gasteiger partial charge in [0, 0.05) is 32.2 Å². The van der Waals surface area contributed by atoms with E-state index >= 15 is 0 Å². The number of hydrogen-bond donors (Lipinski definition) is 1. The van der Waals surface area contributed by atoms with E-state index in [2.05, 4.69) is 21.7 Å². The van der Waals surface area contributed by atoms with Gasteiger partial charge in [-0.05, 0) is 52.1 Å². The van der Waals surface area contributed by atoms with E-state index < -0.39 is 35.0 Å². The van der Waals surface area contributed by atoms with Crippen LogP contribution in [0.5, 0.6) is 6.01 Å². The van der Waals surface area contributed by atoms with Gasteiger partial charge in [0.2, 0.25) is 0 Å². The van der Waals surface area contributed by atoms with Crippen LogP contribution in [0.2, 0.25) is 0 Å². The number of unbranched alkanes of at least 4 members (excludes halogenated alkanes) is 1. The molecule has 1 fully saturated rings. The molecule has 2 aromatic rings. The van der Waals surface area contributed by atoms with Crippen LogP contribution in [0.25, 0.3) is 11.2 Å². The molecule has 4 rings (SSSR count). The van der Waals surface area contributed by atoms with Crippen LogP contribution in [0, 0.1) is 11.8 Å². The second-order valence-electron chi connectivity index (χ2n) is 9.81. The normalized spacial score (nSPS) is 20.4. The van der Waals surface area contributed by atoms with Crippen LogP contribution < -0.4 is 16.0 Å². The average molecular weight is 528 g/mol. The van der Waals surface area contributed by atoms with Gasteiger partial charge >= 0.3 is 23.6 Å². The maximum atomic E-state index is 13.5. The number of hydrogen-bond acceptors (Lipinski definition) is 9. The number of carbonyl (C=O) groups excluding carboxylic acids is 2. The maximum Gasteiger partial charge on any atom is 0.338 e. The van der Waals surface area contributed by atoms with E-state index in [-0.39, 0.29) is 30.1 Å². The first-order valence-electron chi connectivity index (χ1n) is 12.9. The Bertz CT molecular complexity index is 1430. The van der Waals surface area contributed by atoms with E-state index in [0.717, 1.165) is 29.8 Å². The lowest BCUT2D eigenvalue weighted by atomic mass is 9.99. The van der Waals surface area contributed by atoms with E-state index in [9.17, 15) is 24.3 Å². The molecule has 38 heavy (non-hydrogen) atoms. The highest BCUT2D eigenvalue weighted by molar-refractivity contribution is 5.93. The fourth-order valence-electron chi connectivity index (χ4n) is 4.69. The van der Waals surface area contributed by atoms with Crippen LogP contribution in [-0.4, -0.2) is 65.9 Å². The Kier molecular flexibility index (Phi) is 8.18. The third-order valence-electron chi connectivity index (χ3n) is 6.73. The molecular weight excluding hydrogens is 494 g/mol. The summed E-state index contributed by atoms with van der Waals surface area (Å²) >= 11 is 0. The van der Waals surface area contributed by atoms with Crippen molar-refractivity contribution in [1.82, 2.24) is 23.6 Å².